The van der Waals surface area contributed by atoms with Crippen LogP contribution in [-0.2, 0) is 16.0 Å². The maximum atomic E-state index is 13.1. The Morgan fingerprint density at radius 1 is 1.21 bits per heavy atom. The minimum atomic E-state index is -1.12. The molecule has 0 heterocycles. The van der Waals surface area contributed by atoms with Gasteiger partial charge in [0.2, 0.25) is 0 Å². The third kappa shape index (κ3) is 4.38. The van der Waals surface area contributed by atoms with Crippen LogP contribution in [0, 0.1) is 5.82 Å². The Labute approximate surface area is 141 Å². The Balaban J connectivity index is 2.38. The number of ether oxygens (including phenoxy) is 1. The molecule has 3 nitrogen and oxygen atoms in total. The molecular weight excluding hydrogens is 305 g/mol. The summed E-state index contributed by atoms with van der Waals surface area (Å²) < 4.78 is 18.1. The average molecular weight is 325 g/mol. The van der Waals surface area contributed by atoms with Gasteiger partial charge in [0.05, 0.1) is 7.11 Å². The van der Waals surface area contributed by atoms with Crippen LogP contribution in [0.4, 0.5) is 4.39 Å². The summed E-state index contributed by atoms with van der Waals surface area (Å²) in [6, 6.07) is 15.5. The van der Waals surface area contributed by atoms with Gasteiger partial charge < -0.3 is 4.74 Å². The van der Waals surface area contributed by atoms with Crippen molar-refractivity contribution in [3.8, 4) is 0 Å². The van der Waals surface area contributed by atoms with Crippen molar-refractivity contribution in [2.24, 2.45) is 4.99 Å². The summed E-state index contributed by atoms with van der Waals surface area (Å²) in [6.07, 6.45) is 3.92. The van der Waals surface area contributed by atoms with Gasteiger partial charge in [-0.15, -0.1) is 6.58 Å². The summed E-state index contributed by atoms with van der Waals surface area (Å²) in [5, 5.41) is 0. The van der Waals surface area contributed by atoms with Crippen LogP contribution in [0.3, 0.4) is 0 Å². The molecule has 0 aliphatic carbocycles. The van der Waals surface area contributed by atoms with Crippen molar-refractivity contribution in [2.45, 2.75) is 18.4 Å². The number of carbonyl (C=O) groups is 1. The molecule has 0 fully saturated rings. The Hall–Kier alpha value is -2.75. The molecule has 24 heavy (non-hydrogen) atoms. The molecule has 0 amide bonds. The first kappa shape index (κ1) is 17.6. The maximum absolute atomic E-state index is 13.1. The monoisotopic (exact) mass is 325 g/mol. The van der Waals surface area contributed by atoms with Gasteiger partial charge >= 0.3 is 5.97 Å². The van der Waals surface area contributed by atoms with E-state index in [0.717, 1.165) is 11.1 Å². The molecule has 0 aliphatic rings. The molecule has 0 saturated carbocycles. The summed E-state index contributed by atoms with van der Waals surface area (Å²) in [6.45, 7) is 3.73. The van der Waals surface area contributed by atoms with E-state index >= 15 is 0 Å². The van der Waals surface area contributed by atoms with E-state index < -0.39 is 11.5 Å². The minimum absolute atomic E-state index is 0.301. The highest BCUT2D eigenvalue weighted by Gasteiger charge is 2.38. The van der Waals surface area contributed by atoms with Gasteiger partial charge in [0.1, 0.15) is 5.82 Å². The predicted molar refractivity (Wildman–Crippen MR) is 93.7 cm³/mol. The second-order valence-electron chi connectivity index (χ2n) is 5.49. The number of aliphatic imine (C=N–C) groups is 1. The zero-order valence-corrected chi connectivity index (χ0v) is 13.6. The van der Waals surface area contributed by atoms with E-state index in [0.29, 0.717) is 12.8 Å². The lowest BCUT2D eigenvalue weighted by Gasteiger charge is -2.26. The predicted octanol–water partition coefficient (Wildman–Crippen LogP) is 3.98. The van der Waals surface area contributed by atoms with E-state index in [-0.39, 0.29) is 5.82 Å². The van der Waals surface area contributed by atoms with Crippen molar-refractivity contribution >= 4 is 12.2 Å². The number of rotatable bonds is 7. The Bertz CT molecular complexity index is 710. The van der Waals surface area contributed by atoms with Gasteiger partial charge in [-0.25, -0.2) is 9.18 Å². The highest BCUT2D eigenvalue weighted by atomic mass is 19.1. The van der Waals surface area contributed by atoms with Crippen LogP contribution >= 0.6 is 0 Å². The van der Waals surface area contributed by atoms with Gasteiger partial charge in [-0.3, -0.25) is 4.99 Å². The van der Waals surface area contributed by atoms with Crippen LogP contribution in [0.15, 0.2) is 72.2 Å². The van der Waals surface area contributed by atoms with E-state index in [9.17, 15) is 9.18 Å². The molecular formula is C20H20FNO2. The zero-order valence-electron chi connectivity index (χ0n) is 13.6. The smallest absolute Gasteiger partial charge is 0.334 e. The maximum Gasteiger partial charge on any atom is 0.334 e. The molecule has 2 rings (SSSR count). The second-order valence-corrected chi connectivity index (χ2v) is 5.49. The molecule has 4 heteroatoms. The summed E-state index contributed by atoms with van der Waals surface area (Å²) >= 11 is 0. The number of methoxy groups -OCH3 is 1. The molecule has 0 aliphatic heterocycles. The fourth-order valence-electron chi connectivity index (χ4n) is 2.48. The number of nitrogens with zero attached hydrogens (tertiary/aromatic N) is 1. The van der Waals surface area contributed by atoms with E-state index in [1.54, 1.807) is 24.4 Å². The summed E-state index contributed by atoms with van der Waals surface area (Å²) in [4.78, 5) is 17.0. The second kappa shape index (κ2) is 8.20. The third-order valence-electron chi connectivity index (χ3n) is 3.72. The number of hydrogen-bond donors (Lipinski definition) is 0. The molecule has 0 aromatic heterocycles. The topological polar surface area (TPSA) is 38.7 Å². The van der Waals surface area contributed by atoms with Gasteiger partial charge in [-0.05, 0) is 23.3 Å². The van der Waals surface area contributed by atoms with Crippen molar-refractivity contribution in [2.75, 3.05) is 7.11 Å². The number of hydrogen-bond acceptors (Lipinski definition) is 3. The normalized spacial score (nSPS) is 13.4. The molecule has 0 spiro atoms. The molecule has 0 N–H and O–H groups in total. The quantitative estimate of drug-likeness (QED) is 0.439. The lowest BCUT2D eigenvalue weighted by atomic mass is 9.88. The van der Waals surface area contributed by atoms with Crippen LogP contribution in [0.1, 0.15) is 17.5 Å². The molecule has 2 aromatic carbocycles. The minimum Gasteiger partial charge on any atom is -0.467 e. The lowest BCUT2D eigenvalue weighted by molar-refractivity contribution is -0.146. The Morgan fingerprint density at radius 2 is 1.88 bits per heavy atom. The van der Waals surface area contributed by atoms with Crippen molar-refractivity contribution in [1.82, 2.24) is 0 Å². The third-order valence-corrected chi connectivity index (χ3v) is 3.72. The van der Waals surface area contributed by atoms with Crippen LogP contribution in [0.2, 0.25) is 0 Å². The molecule has 2 aromatic rings. The van der Waals surface area contributed by atoms with Crippen LogP contribution in [0.5, 0.6) is 0 Å². The summed E-state index contributed by atoms with van der Waals surface area (Å²) in [5.41, 5.74) is 0.562. The molecule has 0 radical (unpaired) electrons. The van der Waals surface area contributed by atoms with Gasteiger partial charge in [0, 0.05) is 19.1 Å². The average Bonchev–Trinajstić information content (AvgIpc) is 2.62. The van der Waals surface area contributed by atoms with E-state index in [2.05, 4.69) is 11.6 Å². The summed E-state index contributed by atoms with van der Waals surface area (Å²) in [5.74, 6) is -0.766. The van der Waals surface area contributed by atoms with Crippen LogP contribution in [0.25, 0.3) is 0 Å². The van der Waals surface area contributed by atoms with E-state index in [4.69, 9.17) is 4.74 Å². The first-order chi connectivity index (χ1) is 11.6. The van der Waals surface area contributed by atoms with Gasteiger partial charge in [0.15, 0.2) is 5.54 Å². The molecule has 0 bridgehead atoms. The first-order valence-electron chi connectivity index (χ1n) is 7.64. The highest BCUT2D eigenvalue weighted by Crippen LogP contribution is 2.25. The Kier molecular flexibility index (Phi) is 6.01. The number of carbonyl (C=O) groups excluding carboxylic acids is 1. The first-order valence-corrected chi connectivity index (χ1v) is 7.64. The number of esters is 1. The Morgan fingerprint density at radius 3 is 2.46 bits per heavy atom. The zero-order chi connectivity index (χ0) is 17.4. The van der Waals surface area contributed by atoms with Crippen molar-refractivity contribution in [1.29, 1.82) is 0 Å². The molecule has 1 unspecified atom stereocenters. The van der Waals surface area contributed by atoms with Gasteiger partial charge in [-0.1, -0.05) is 48.5 Å². The number of benzene rings is 2. The molecule has 124 valence electrons. The van der Waals surface area contributed by atoms with E-state index in [1.807, 2.05) is 30.3 Å². The van der Waals surface area contributed by atoms with Gasteiger partial charge in [0.25, 0.3) is 0 Å². The summed E-state index contributed by atoms with van der Waals surface area (Å²) in [7, 11) is 1.34. The van der Waals surface area contributed by atoms with Crippen LogP contribution < -0.4 is 0 Å². The van der Waals surface area contributed by atoms with E-state index in [1.165, 1.54) is 19.2 Å². The van der Waals surface area contributed by atoms with Gasteiger partial charge in [-0.2, -0.15) is 0 Å². The standard InChI is InChI=1S/C20H20FNO2/c1-3-13-20(19(23)24-2,14-16-9-11-18(21)12-10-16)22-15-17-7-5-4-6-8-17/h3-12,15H,1,13-14H2,2H3. The lowest BCUT2D eigenvalue weighted by Crippen LogP contribution is -2.40. The molecule has 1 atom stereocenters. The number of halogens is 1. The molecule has 0 saturated heterocycles. The van der Waals surface area contributed by atoms with Crippen molar-refractivity contribution in [3.63, 3.8) is 0 Å². The van der Waals surface area contributed by atoms with Crippen molar-refractivity contribution in [3.05, 3.63) is 84.2 Å². The largest absolute Gasteiger partial charge is 0.467 e. The fraction of sp³-hybridized carbons (Fsp3) is 0.200. The van der Waals surface area contributed by atoms with Crippen molar-refractivity contribution < 1.29 is 13.9 Å². The SMILES string of the molecule is C=CCC(Cc1ccc(F)cc1)(N=Cc1ccccc1)C(=O)OC. The fourth-order valence-corrected chi connectivity index (χ4v) is 2.48. The van der Waals surface area contributed by atoms with Crippen LogP contribution in [-0.4, -0.2) is 24.8 Å². The highest BCUT2D eigenvalue weighted by molar-refractivity contribution is 5.87.